The van der Waals surface area contributed by atoms with Gasteiger partial charge in [0.1, 0.15) is 0 Å². The van der Waals surface area contributed by atoms with Gasteiger partial charge >= 0.3 is 0 Å². The second-order valence-corrected chi connectivity index (χ2v) is 7.06. The highest BCUT2D eigenvalue weighted by atomic mass is 35.5. The van der Waals surface area contributed by atoms with E-state index in [1.807, 2.05) is 49.4 Å². The molecule has 0 radical (unpaired) electrons. The molecule has 5 heteroatoms. The first-order valence-electron chi connectivity index (χ1n) is 8.84. The van der Waals surface area contributed by atoms with Gasteiger partial charge in [0.05, 0.1) is 28.1 Å². The summed E-state index contributed by atoms with van der Waals surface area (Å²) in [5.74, 6) is -0.150. The van der Waals surface area contributed by atoms with E-state index in [4.69, 9.17) is 11.6 Å². The van der Waals surface area contributed by atoms with Crippen molar-refractivity contribution < 1.29 is 4.79 Å². The zero-order chi connectivity index (χ0) is 18.1. The molecule has 26 heavy (non-hydrogen) atoms. The number of nitrogens with one attached hydrogen (secondary N) is 1. The number of hydrogen-bond donors (Lipinski definition) is 1. The van der Waals surface area contributed by atoms with Crippen LogP contribution in [-0.4, -0.2) is 24.0 Å². The third-order valence-electron chi connectivity index (χ3n) is 4.81. The predicted octanol–water partition coefficient (Wildman–Crippen LogP) is 5.05. The van der Waals surface area contributed by atoms with Crippen LogP contribution in [0.5, 0.6) is 0 Å². The van der Waals surface area contributed by atoms with Crippen molar-refractivity contribution >= 4 is 39.8 Å². The molecule has 3 aromatic rings. The molecule has 2 aromatic carbocycles. The van der Waals surface area contributed by atoms with Gasteiger partial charge in [0.25, 0.3) is 5.91 Å². The number of fused-ring (bicyclic) bond motifs is 1. The molecule has 0 spiro atoms. The fourth-order valence-corrected chi connectivity index (χ4v) is 3.66. The van der Waals surface area contributed by atoms with Crippen LogP contribution in [0.2, 0.25) is 5.02 Å². The van der Waals surface area contributed by atoms with Crippen molar-refractivity contribution in [3.05, 3.63) is 64.8 Å². The van der Waals surface area contributed by atoms with E-state index >= 15 is 0 Å². The highest BCUT2D eigenvalue weighted by molar-refractivity contribution is 6.31. The Kier molecular flexibility index (Phi) is 4.51. The zero-order valence-corrected chi connectivity index (χ0v) is 15.4. The quantitative estimate of drug-likeness (QED) is 0.706. The number of halogens is 1. The summed E-state index contributed by atoms with van der Waals surface area (Å²) in [7, 11) is 0. The van der Waals surface area contributed by atoms with Crippen LogP contribution in [0.3, 0.4) is 0 Å². The highest BCUT2D eigenvalue weighted by Gasteiger charge is 2.18. The van der Waals surface area contributed by atoms with Crippen LogP contribution in [0.4, 0.5) is 11.4 Å². The van der Waals surface area contributed by atoms with Gasteiger partial charge in [0, 0.05) is 23.5 Å². The maximum atomic E-state index is 12.9. The van der Waals surface area contributed by atoms with Gasteiger partial charge in [-0.1, -0.05) is 23.7 Å². The molecule has 1 aromatic heterocycles. The fraction of sp³-hybridized carbons (Fsp3) is 0.238. The SMILES string of the molecule is Cc1nc2ccc(Cl)cc2cc1C(=O)Nc1ccccc1N1CCCC1. The lowest BCUT2D eigenvalue weighted by atomic mass is 10.1. The maximum absolute atomic E-state index is 12.9. The summed E-state index contributed by atoms with van der Waals surface area (Å²) < 4.78 is 0. The molecule has 2 heterocycles. The largest absolute Gasteiger partial charge is 0.370 e. The van der Waals surface area contributed by atoms with Crippen LogP contribution < -0.4 is 10.2 Å². The first-order valence-corrected chi connectivity index (χ1v) is 9.22. The normalized spacial score (nSPS) is 14.0. The minimum absolute atomic E-state index is 0.150. The van der Waals surface area contributed by atoms with Gasteiger partial charge < -0.3 is 10.2 Å². The van der Waals surface area contributed by atoms with E-state index in [9.17, 15) is 4.79 Å². The number of carbonyl (C=O) groups is 1. The number of hydrogen-bond acceptors (Lipinski definition) is 3. The number of benzene rings is 2. The summed E-state index contributed by atoms with van der Waals surface area (Å²) >= 11 is 6.08. The smallest absolute Gasteiger partial charge is 0.257 e. The third-order valence-corrected chi connectivity index (χ3v) is 5.05. The molecule has 132 valence electrons. The molecule has 1 aliphatic heterocycles. The summed E-state index contributed by atoms with van der Waals surface area (Å²) in [6.45, 7) is 3.92. The van der Waals surface area contributed by atoms with E-state index in [1.165, 1.54) is 12.8 Å². The molecule has 4 nitrogen and oxygen atoms in total. The van der Waals surface area contributed by atoms with Crippen molar-refractivity contribution in [2.24, 2.45) is 0 Å². The molecule has 1 saturated heterocycles. The average Bonchev–Trinajstić information content (AvgIpc) is 3.16. The molecule has 0 atom stereocenters. The Bertz CT molecular complexity index is 980. The van der Waals surface area contributed by atoms with E-state index in [1.54, 1.807) is 0 Å². The second kappa shape index (κ2) is 6.96. The number of amides is 1. The monoisotopic (exact) mass is 365 g/mol. The molecule has 4 rings (SSSR count). The second-order valence-electron chi connectivity index (χ2n) is 6.62. The molecule has 1 aliphatic rings. The van der Waals surface area contributed by atoms with Crippen LogP contribution in [0, 0.1) is 6.92 Å². The lowest BCUT2D eigenvalue weighted by molar-refractivity contribution is 0.102. The van der Waals surface area contributed by atoms with Gasteiger partial charge in [-0.25, -0.2) is 0 Å². The van der Waals surface area contributed by atoms with Gasteiger partial charge in [-0.15, -0.1) is 0 Å². The van der Waals surface area contributed by atoms with Crippen LogP contribution >= 0.6 is 11.6 Å². The third kappa shape index (κ3) is 3.25. The predicted molar refractivity (Wildman–Crippen MR) is 107 cm³/mol. The maximum Gasteiger partial charge on any atom is 0.257 e. The fourth-order valence-electron chi connectivity index (χ4n) is 3.48. The molecule has 0 aliphatic carbocycles. The summed E-state index contributed by atoms with van der Waals surface area (Å²) in [5.41, 5.74) is 4.02. The van der Waals surface area contributed by atoms with Gasteiger partial charge in [-0.05, 0) is 56.2 Å². The molecule has 1 N–H and O–H groups in total. The lowest BCUT2D eigenvalue weighted by Crippen LogP contribution is -2.21. The topological polar surface area (TPSA) is 45.2 Å². The number of aryl methyl sites for hydroxylation is 1. The molecular weight excluding hydrogens is 346 g/mol. The minimum Gasteiger partial charge on any atom is -0.370 e. The van der Waals surface area contributed by atoms with Gasteiger partial charge in [0.2, 0.25) is 0 Å². The Morgan fingerprint density at radius 2 is 1.88 bits per heavy atom. The number of anilines is 2. The van der Waals surface area contributed by atoms with Crippen molar-refractivity contribution in [1.29, 1.82) is 0 Å². The Balaban J connectivity index is 1.67. The van der Waals surface area contributed by atoms with Crippen molar-refractivity contribution in [2.45, 2.75) is 19.8 Å². The molecule has 0 unspecified atom stereocenters. The minimum atomic E-state index is -0.150. The van der Waals surface area contributed by atoms with Crippen molar-refractivity contribution in [3.63, 3.8) is 0 Å². The van der Waals surface area contributed by atoms with Crippen LogP contribution in [0.1, 0.15) is 28.9 Å². The van der Waals surface area contributed by atoms with Gasteiger partial charge in [-0.3, -0.25) is 9.78 Å². The molecule has 0 bridgehead atoms. The Morgan fingerprint density at radius 1 is 1.12 bits per heavy atom. The van der Waals surface area contributed by atoms with Crippen LogP contribution in [0.15, 0.2) is 48.5 Å². The molecule has 1 amide bonds. The van der Waals surface area contributed by atoms with E-state index in [0.717, 1.165) is 35.4 Å². The van der Waals surface area contributed by atoms with E-state index < -0.39 is 0 Å². The summed E-state index contributed by atoms with van der Waals surface area (Å²) in [6.07, 6.45) is 2.38. The number of para-hydroxylation sites is 2. The van der Waals surface area contributed by atoms with E-state index in [-0.39, 0.29) is 5.91 Å². The first-order chi connectivity index (χ1) is 12.6. The van der Waals surface area contributed by atoms with E-state index in [0.29, 0.717) is 16.3 Å². The standard InChI is InChI=1S/C21H20ClN3O/c1-14-17(13-15-12-16(22)8-9-18(15)23-14)21(26)24-19-6-2-3-7-20(19)25-10-4-5-11-25/h2-3,6-9,12-13H,4-5,10-11H2,1H3,(H,24,26). The van der Waals surface area contributed by atoms with Crippen LogP contribution in [0.25, 0.3) is 10.9 Å². The van der Waals surface area contributed by atoms with Crippen LogP contribution in [-0.2, 0) is 0 Å². The zero-order valence-electron chi connectivity index (χ0n) is 14.6. The van der Waals surface area contributed by atoms with Gasteiger partial charge in [0.15, 0.2) is 0 Å². The molecule has 0 saturated carbocycles. The summed E-state index contributed by atoms with van der Waals surface area (Å²) in [5, 5.41) is 4.57. The Morgan fingerprint density at radius 3 is 2.69 bits per heavy atom. The number of pyridine rings is 1. The lowest BCUT2D eigenvalue weighted by Gasteiger charge is -2.21. The molecular formula is C21H20ClN3O. The van der Waals surface area contributed by atoms with E-state index in [2.05, 4.69) is 21.3 Å². The van der Waals surface area contributed by atoms with Crippen molar-refractivity contribution in [2.75, 3.05) is 23.3 Å². The summed E-state index contributed by atoms with van der Waals surface area (Å²) in [4.78, 5) is 19.8. The average molecular weight is 366 g/mol. The molecule has 1 fully saturated rings. The highest BCUT2D eigenvalue weighted by Crippen LogP contribution is 2.29. The number of nitrogens with zero attached hydrogens (tertiary/aromatic N) is 2. The van der Waals surface area contributed by atoms with Gasteiger partial charge in [-0.2, -0.15) is 0 Å². The Hall–Kier alpha value is -2.59. The number of rotatable bonds is 3. The number of aromatic nitrogens is 1. The number of carbonyl (C=O) groups excluding carboxylic acids is 1. The summed E-state index contributed by atoms with van der Waals surface area (Å²) in [6, 6.07) is 15.3. The van der Waals surface area contributed by atoms with Crippen molar-refractivity contribution in [3.8, 4) is 0 Å². The first kappa shape index (κ1) is 16.9. The Labute approximate surface area is 157 Å². The van der Waals surface area contributed by atoms with Crippen molar-refractivity contribution in [1.82, 2.24) is 4.98 Å².